The highest BCUT2D eigenvalue weighted by Crippen LogP contribution is 2.15. The fourth-order valence-corrected chi connectivity index (χ4v) is 1.74. The minimum atomic E-state index is -0.606. The Morgan fingerprint density at radius 2 is 2.41 bits per heavy atom. The van der Waals surface area contributed by atoms with Gasteiger partial charge in [-0.2, -0.15) is 4.39 Å². The molecule has 5 heteroatoms. The summed E-state index contributed by atoms with van der Waals surface area (Å²) in [6.07, 6.45) is 2.71. The summed E-state index contributed by atoms with van der Waals surface area (Å²) in [4.78, 5) is 14.9. The monoisotopic (exact) mass is 235 g/mol. The molecule has 0 atom stereocenters. The summed E-state index contributed by atoms with van der Waals surface area (Å²) in [7, 11) is 1.49. The Labute approximate surface area is 98.9 Å². The van der Waals surface area contributed by atoms with E-state index in [9.17, 15) is 9.18 Å². The third kappa shape index (κ3) is 2.68. The van der Waals surface area contributed by atoms with E-state index in [1.165, 1.54) is 13.1 Å². The summed E-state index contributed by atoms with van der Waals surface area (Å²) < 4.78 is 13.6. The molecule has 1 amide bonds. The third-order valence-corrected chi connectivity index (χ3v) is 2.67. The van der Waals surface area contributed by atoms with E-state index in [1.54, 1.807) is 12.1 Å². The van der Waals surface area contributed by atoms with Crippen LogP contribution in [0.25, 0.3) is 6.08 Å². The number of aromatic nitrogens is 1. The minimum absolute atomic E-state index is 0.0942. The van der Waals surface area contributed by atoms with Gasteiger partial charge in [0.15, 0.2) is 0 Å². The second-order valence-corrected chi connectivity index (χ2v) is 3.89. The molecule has 2 rings (SSSR count). The van der Waals surface area contributed by atoms with Crippen molar-refractivity contribution in [2.24, 2.45) is 0 Å². The highest BCUT2D eigenvalue weighted by atomic mass is 19.1. The normalized spacial score (nSPS) is 17.4. The van der Waals surface area contributed by atoms with E-state index < -0.39 is 5.95 Å². The molecule has 1 fully saturated rings. The van der Waals surface area contributed by atoms with E-state index in [-0.39, 0.29) is 11.6 Å². The summed E-state index contributed by atoms with van der Waals surface area (Å²) in [5.74, 6) is -0.990. The fraction of sp³-hybridized carbons (Fsp3) is 0.333. The molecule has 0 aromatic carbocycles. The highest BCUT2D eigenvalue weighted by molar-refractivity contribution is 5.92. The van der Waals surface area contributed by atoms with Crippen LogP contribution < -0.4 is 10.6 Å². The predicted octanol–water partition coefficient (Wildman–Crippen LogP) is 0.957. The Morgan fingerprint density at radius 1 is 1.59 bits per heavy atom. The molecule has 0 radical (unpaired) electrons. The van der Waals surface area contributed by atoms with E-state index in [2.05, 4.69) is 15.6 Å². The van der Waals surface area contributed by atoms with Crippen molar-refractivity contribution in [3.8, 4) is 0 Å². The van der Waals surface area contributed by atoms with Gasteiger partial charge >= 0.3 is 0 Å². The van der Waals surface area contributed by atoms with Crippen molar-refractivity contribution in [1.82, 2.24) is 15.6 Å². The first-order valence-corrected chi connectivity index (χ1v) is 5.49. The number of rotatable bonds is 2. The van der Waals surface area contributed by atoms with Gasteiger partial charge in [0, 0.05) is 19.2 Å². The molecule has 0 saturated carbocycles. The molecule has 1 aliphatic rings. The van der Waals surface area contributed by atoms with Gasteiger partial charge in [-0.3, -0.25) is 4.79 Å². The first-order valence-electron chi connectivity index (χ1n) is 5.49. The van der Waals surface area contributed by atoms with E-state index in [4.69, 9.17) is 0 Å². The van der Waals surface area contributed by atoms with Crippen molar-refractivity contribution in [1.29, 1.82) is 0 Å². The third-order valence-electron chi connectivity index (χ3n) is 2.67. The average molecular weight is 235 g/mol. The van der Waals surface area contributed by atoms with Crippen LogP contribution in [0, 0.1) is 5.95 Å². The van der Waals surface area contributed by atoms with Crippen molar-refractivity contribution in [2.75, 3.05) is 20.1 Å². The molecule has 0 aliphatic carbocycles. The smallest absolute Gasteiger partial charge is 0.269 e. The number of hydrogen-bond donors (Lipinski definition) is 2. The van der Waals surface area contributed by atoms with Crippen LogP contribution in [0.2, 0.25) is 0 Å². The van der Waals surface area contributed by atoms with Crippen LogP contribution in [0.1, 0.15) is 22.5 Å². The number of halogens is 1. The maximum atomic E-state index is 13.6. The number of nitrogens with one attached hydrogen (secondary N) is 2. The van der Waals surface area contributed by atoms with Gasteiger partial charge in [0.05, 0.1) is 0 Å². The van der Waals surface area contributed by atoms with Crippen LogP contribution >= 0.6 is 0 Å². The SMILES string of the molecule is CNC(=O)c1ccc(/C=C2\CCNC2)c(F)n1. The van der Waals surface area contributed by atoms with Crippen LogP contribution in [0.3, 0.4) is 0 Å². The van der Waals surface area contributed by atoms with Crippen molar-refractivity contribution in [3.63, 3.8) is 0 Å². The Morgan fingerprint density at radius 3 is 3.00 bits per heavy atom. The molecule has 4 nitrogen and oxygen atoms in total. The Balaban J connectivity index is 2.25. The first-order chi connectivity index (χ1) is 8.20. The summed E-state index contributed by atoms with van der Waals surface area (Å²) in [5, 5.41) is 5.58. The maximum absolute atomic E-state index is 13.6. The molecule has 1 aliphatic heterocycles. The van der Waals surface area contributed by atoms with Crippen LogP contribution in [-0.2, 0) is 0 Å². The van der Waals surface area contributed by atoms with Crippen molar-refractivity contribution >= 4 is 12.0 Å². The lowest BCUT2D eigenvalue weighted by Crippen LogP contribution is -2.19. The van der Waals surface area contributed by atoms with E-state index in [0.29, 0.717) is 5.56 Å². The molecular weight excluding hydrogens is 221 g/mol. The molecule has 2 N–H and O–H groups in total. The lowest BCUT2D eigenvalue weighted by Gasteiger charge is -2.02. The number of pyridine rings is 1. The topological polar surface area (TPSA) is 54.0 Å². The zero-order valence-electron chi connectivity index (χ0n) is 9.59. The van der Waals surface area contributed by atoms with Crippen molar-refractivity contribution in [2.45, 2.75) is 6.42 Å². The fourth-order valence-electron chi connectivity index (χ4n) is 1.74. The largest absolute Gasteiger partial charge is 0.354 e. The molecule has 90 valence electrons. The standard InChI is InChI=1S/C12H14FN3O/c1-14-12(17)10-3-2-9(11(13)16-10)6-8-4-5-15-7-8/h2-3,6,15H,4-5,7H2,1H3,(H,14,17)/b8-6+. The molecule has 1 saturated heterocycles. The molecule has 1 aromatic heterocycles. The van der Waals surface area contributed by atoms with Gasteiger partial charge in [0.25, 0.3) is 5.91 Å². The second-order valence-electron chi connectivity index (χ2n) is 3.89. The van der Waals surface area contributed by atoms with Crippen molar-refractivity contribution < 1.29 is 9.18 Å². The van der Waals surface area contributed by atoms with Crippen molar-refractivity contribution in [3.05, 3.63) is 34.9 Å². The Hall–Kier alpha value is -1.75. The predicted molar refractivity (Wildman–Crippen MR) is 63.0 cm³/mol. The van der Waals surface area contributed by atoms with E-state index >= 15 is 0 Å². The van der Waals surface area contributed by atoms with Crippen LogP contribution in [0.15, 0.2) is 17.7 Å². The second kappa shape index (κ2) is 5.05. The Bertz CT molecular complexity index is 463. The molecule has 0 unspecified atom stereocenters. The van der Waals surface area contributed by atoms with Gasteiger partial charge in [0.2, 0.25) is 5.95 Å². The number of amides is 1. The zero-order chi connectivity index (χ0) is 12.3. The summed E-state index contributed by atoms with van der Waals surface area (Å²) in [6, 6.07) is 3.11. The lowest BCUT2D eigenvalue weighted by atomic mass is 10.1. The number of carbonyl (C=O) groups is 1. The summed E-state index contributed by atoms with van der Waals surface area (Å²) in [5.41, 5.74) is 1.67. The Kier molecular flexibility index (Phi) is 3.49. The quantitative estimate of drug-likeness (QED) is 0.751. The van der Waals surface area contributed by atoms with Gasteiger partial charge in [-0.05, 0) is 31.2 Å². The average Bonchev–Trinajstić information content (AvgIpc) is 2.83. The van der Waals surface area contributed by atoms with Gasteiger partial charge in [-0.15, -0.1) is 0 Å². The number of hydrogen-bond acceptors (Lipinski definition) is 3. The van der Waals surface area contributed by atoms with Gasteiger partial charge < -0.3 is 10.6 Å². The van der Waals surface area contributed by atoms with E-state index in [0.717, 1.165) is 25.1 Å². The minimum Gasteiger partial charge on any atom is -0.354 e. The summed E-state index contributed by atoms with van der Waals surface area (Å²) >= 11 is 0. The molecule has 17 heavy (non-hydrogen) atoms. The lowest BCUT2D eigenvalue weighted by molar-refractivity contribution is 0.0957. The molecule has 0 bridgehead atoms. The zero-order valence-corrected chi connectivity index (χ0v) is 9.59. The van der Waals surface area contributed by atoms with Gasteiger partial charge in [-0.1, -0.05) is 5.57 Å². The maximum Gasteiger partial charge on any atom is 0.269 e. The first kappa shape index (κ1) is 11.7. The highest BCUT2D eigenvalue weighted by Gasteiger charge is 2.11. The molecule has 1 aromatic rings. The van der Waals surface area contributed by atoms with Gasteiger partial charge in [-0.25, -0.2) is 4.98 Å². The van der Waals surface area contributed by atoms with Crippen LogP contribution in [-0.4, -0.2) is 31.0 Å². The summed E-state index contributed by atoms with van der Waals surface area (Å²) in [6.45, 7) is 1.72. The van der Waals surface area contributed by atoms with Crippen LogP contribution in [0.4, 0.5) is 4.39 Å². The number of carbonyl (C=O) groups excluding carboxylic acids is 1. The molecular formula is C12H14FN3O. The van der Waals surface area contributed by atoms with E-state index in [1.807, 2.05) is 0 Å². The van der Waals surface area contributed by atoms with Crippen LogP contribution in [0.5, 0.6) is 0 Å². The molecule has 0 spiro atoms. The van der Waals surface area contributed by atoms with Gasteiger partial charge in [0.1, 0.15) is 5.69 Å². The number of nitrogens with zero attached hydrogens (tertiary/aromatic N) is 1. The molecule has 2 heterocycles.